The molecule has 0 bridgehead atoms. The van der Waals surface area contributed by atoms with E-state index in [0.717, 1.165) is 13.1 Å². The fourth-order valence-corrected chi connectivity index (χ4v) is 7.58. The van der Waals surface area contributed by atoms with Crippen LogP contribution in [0.2, 0.25) is 0 Å². The van der Waals surface area contributed by atoms with Crippen LogP contribution in [0.1, 0.15) is 202 Å². The number of pyridine rings is 2. The molecule has 2 aromatic heterocycles. The number of nitrogens with zero attached hydrogens (tertiary/aromatic N) is 2. The molecule has 16 heteroatoms. The van der Waals surface area contributed by atoms with E-state index in [1.807, 2.05) is 0 Å². The van der Waals surface area contributed by atoms with Crippen LogP contribution >= 0.6 is 15.6 Å². The summed E-state index contributed by atoms with van der Waals surface area (Å²) in [5.41, 5.74) is 8.74. The molecule has 0 aliphatic rings. The van der Waals surface area contributed by atoms with Crippen LogP contribution in [0.5, 0.6) is 0 Å². The van der Waals surface area contributed by atoms with Crippen molar-refractivity contribution in [3.63, 3.8) is 0 Å². The molecule has 0 aliphatic carbocycles. The van der Waals surface area contributed by atoms with Gasteiger partial charge in [-0.2, -0.15) is 9.13 Å². The predicted octanol–water partition coefficient (Wildman–Crippen LogP) is 19.4. The summed E-state index contributed by atoms with van der Waals surface area (Å²) in [6, 6.07) is 9.69. The van der Waals surface area contributed by atoms with Crippen molar-refractivity contribution < 1.29 is 59.5 Å². The van der Waals surface area contributed by atoms with Gasteiger partial charge in [-0.15, -0.1) is 0 Å². The van der Waals surface area contributed by atoms with Crippen molar-refractivity contribution in [2.24, 2.45) is 0 Å². The Kier molecular flexibility index (Phi) is 24.9. The third-order valence-electron chi connectivity index (χ3n) is 10.3. The first-order valence-corrected chi connectivity index (χ1v) is 26.5. The van der Waals surface area contributed by atoms with Gasteiger partial charge in [0, 0.05) is 51.0 Å². The van der Waals surface area contributed by atoms with E-state index >= 15 is 0 Å². The number of halogens is 12. The van der Waals surface area contributed by atoms with Gasteiger partial charge in [-0.3, -0.25) is 0 Å². The van der Waals surface area contributed by atoms with Gasteiger partial charge in [-0.25, -0.2) is 0 Å². The number of rotatable bonds is 29. The van der Waals surface area contributed by atoms with Gasteiger partial charge in [0.15, 0.2) is 22.8 Å². The van der Waals surface area contributed by atoms with Crippen LogP contribution in [0.4, 0.5) is 50.4 Å². The molecule has 0 aromatic carbocycles. The molecule has 2 aromatic rings. The van der Waals surface area contributed by atoms with Crippen molar-refractivity contribution in [2.45, 2.75) is 222 Å². The topological polar surface area (TPSA) is 7.76 Å². The van der Waals surface area contributed by atoms with Gasteiger partial charge in [-0.05, 0) is 37.8 Å². The zero-order chi connectivity index (χ0) is 46.1. The summed E-state index contributed by atoms with van der Waals surface area (Å²) in [4.78, 5) is 0. The van der Waals surface area contributed by atoms with Gasteiger partial charge in [-0.1, -0.05) is 155 Å². The first-order chi connectivity index (χ1) is 27.4. The Labute approximate surface area is 354 Å². The van der Waals surface area contributed by atoms with E-state index in [-0.39, 0.29) is 0 Å². The molecule has 0 unspecified atom stereocenters. The summed E-state index contributed by atoms with van der Waals surface area (Å²) in [5, 5.41) is 0. The number of aryl methyl sites for hydroxylation is 6. The van der Waals surface area contributed by atoms with Gasteiger partial charge < -0.3 is 0 Å². The van der Waals surface area contributed by atoms with E-state index < -0.39 is 15.6 Å². The third kappa shape index (κ3) is 43.0. The second-order valence-electron chi connectivity index (χ2n) is 16.8. The van der Waals surface area contributed by atoms with E-state index in [9.17, 15) is 50.4 Å². The quantitative estimate of drug-likeness (QED) is 0.0332. The SMILES string of the molecule is CCCCCCCCCCCCCCc1cc(C)cc(C)[n+]1CC[n+]1c(C)cc(C)cc1CCCCCCCCCCCCCC.F[P-](F)(F)(F)(F)F.F[P-](F)(F)(F)(F)F. The summed E-state index contributed by atoms with van der Waals surface area (Å²) >= 11 is 0. The van der Waals surface area contributed by atoms with Crippen LogP contribution in [-0.4, -0.2) is 0 Å². The van der Waals surface area contributed by atoms with Crippen LogP contribution in [0, 0.1) is 27.7 Å². The maximum atomic E-state index is 9.87. The van der Waals surface area contributed by atoms with Crippen molar-refractivity contribution in [3.8, 4) is 0 Å². The summed E-state index contributed by atoms with van der Waals surface area (Å²) in [6.07, 6.45) is 36.4. The van der Waals surface area contributed by atoms with Crippen molar-refractivity contribution >= 4 is 15.6 Å². The van der Waals surface area contributed by atoms with Crippen molar-refractivity contribution in [1.82, 2.24) is 0 Å². The average Bonchev–Trinajstić information content (AvgIpc) is 3.06. The fourth-order valence-electron chi connectivity index (χ4n) is 7.58. The number of hydrogen-bond donors (Lipinski definition) is 0. The van der Waals surface area contributed by atoms with Crippen LogP contribution in [0.15, 0.2) is 24.3 Å². The molecule has 2 rings (SSSR count). The monoisotopic (exact) mass is 925 g/mol. The summed E-state index contributed by atoms with van der Waals surface area (Å²) in [7, 11) is -21.3. The van der Waals surface area contributed by atoms with Crippen molar-refractivity contribution in [1.29, 1.82) is 0 Å². The molecule has 0 fully saturated rings. The third-order valence-corrected chi connectivity index (χ3v) is 10.3. The fraction of sp³-hybridized carbons (Fsp3) is 0.773. The minimum absolute atomic E-state index is 1.07. The van der Waals surface area contributed by atoms with Crippen LogP contribution in [0.3, 0.4) is 0 Å². The summed E-state index contributed by atoms with van der Waals surface area (Å²) in [6.45, 7) is 15.9. The van der Waals surface area contributed by atoms with Gasteiger partial charge in [0.05, 0.1) is 0 Å². The van der Waals surface area contributed by atoms with Gasteiger partial charge in [0.1, 0.15) is 0 Å². The molecular weight excluding hydrogens is 846 g/mol. The van der Waals surface area contributed by atoms with E-state index in [0.29, 0.717) is 0 Å². The molecule has 0 radical (unpaired) electrons. The number of hydrogen-bond acceptors (Lipinski definition) is 0. The molecule has 0 saturated carbocycles. The van der Waals surface area contributed by atoms with Gasteiger partial charge >= 0.3 is 66.0 Å². The Morgan fingerprint density at radius 3 is 0.750 bits per heavy atom. The standard InChI is InChI=1S/C44H78N2.2F6P/c1-7-9-11-13-15-17-19-21-23-25-27-29-31-43-37-39(3)35-41(5)45(43)33-34-46-42(6)36-40(4)38-44(46)32-30-28-26-24-22-20-18-16-14-12-10-8-2;2*1-7(2,3,4,5)6/h35-38H,7-34H2,1-6H3;;/q+2;2*-1. The Morgan fingerprint density at radius 1 is 0.333 bits per heavy atom. The Morgan fingerprint density at radius 2 is 0.533 bits per heavy atom. The van der Waals surface area contributed by atoms with E-state index in [1.165, 1.54) is 201 Å². The molecule has 0 amide bonds. The van der Waals surface area contributed by atoms with Crippen LogP contribution in [0.25, 0.3) is 0 Å². The van der Waals surface area contributed by atoms with Gasteiger partial charge in [0.25, 0.3) is 0 Å². The zero-order valence-electron chi connectivity index (χ0n) is 37.4. The predicted molar refractivity (Wildman–Crippen MR) is 229 cm³/mol. The Hall–Kier alpha value is -1.68. The maximum absolute atomic E-state index is 10.7. The molecule has 0 N–H and O–H groups in total. The second-order valence-corrected chi connectivity index (χ2v) is 20.7. The average molecular weight is 925 g/mol. The molecule has 0 aliphatic heterocycles. The normalized spacial score (nSPS) is 14.2. The number of aromatic nitrogens is 2. The first kappa shape index (κ1) is 58.3. The minimum atomic E-state index is -10.7. The van der Waals surface area contributed by atoms with E-state index in [2.05, 4.69) is 74.9 Å². The van der Waals surface area contributed by atoms with E-state index in [4.69, 9.17) is 0 Å². The number of unbranched alkanes of at least 4 members (excludes halogenated alkanes) is 22. The van der Waals surface area contributed by atoms with Crippen LogP contribution in [-0.2, 0) is 25.9 Å². The molecule has 0 saturated heterocycles. The van der Waals surface area contributed by atoms with Gasteiger partial charge in [0.2, 0.25) is 13.1 Å². The molecule has 2 nitrogen and oxygen atoms in total. The zero-order valence-corrected chi connectivity index (χ0v) is 39.2. The second kappa shape index (κ2) is 25.6. The van der Waals surface area contributed by atoms with Crippen molar-refractivity contribution in [2.75, 3.05) is 0 Å². The molecule has 0 spiro atoms. The Balaban J connectivity index is 0.00000211. The Bertz CT molecular complexity index is 1350. The molecule has 60 heavy (non-hydrogen) atoms. The van der Waals surface area contributed by atoms with Crippen LogP contribution < -0.4 is 9.13 Å². The summed E-state index contributed by atoms with van der Waals surface area (Å²) < 4.78 is 124. The van der Waals surface area contributed by atoms with Crippen molar-refractivity contribution in [3.05, 3.63) is 58.2 Å². The first-order valence-electron chi connectivity index (χ1n) is 22.5. The molecule has 0 atom stereocenters. The summed E-state index contributed by atoms with van der Waals surface area (Å²) in [5.74, 6) is 0. The molecule has 358 valence electrons. The van der Waals surface area contributed by atoms with E-state index in [1.54, 1.807) is 0 Å². The molecule has 2 heterocycles. The molecular formula is C44H78F12N2P2.